The summed E-state index contributed by atoms with van der Waals surface area (Å²) in [6.07, 6.45) is 2.12. The van der Waals surface area contributed by atoms with Crippen LogP contribution in [0.5, 0.6) is 0 Å². The molecule has 0 radical (unpaired) electrons. The van der Waals surface area contributed by atoms with Gasteiger partial charge in [-0.15, -0.1) is 0 Å². The van der Waals surface area contributed by atoms with Crippen LogP contribution < -0.4 is 0 Å². The molecule has 2 aliphatic rings. The molecule has 3 heterocycles. The maximum atomic E-state index is 12.8. The predicted molar refractivity (Wildman–Crippen MR) is 91.5 cm³/mol. The number of likely N-dealkylation sites (tertiary alicyclic amines) is 1. The van der Waals surface area contributed by atoms with Crippen LogP contribution in [0.25, 0.3) is 0 Å². The van der Waals surface area contributed by atoms with Gasteiger partial charge in [0.1, 0.15) is 5.82 Å². The van der Waals surface area contributed by atoms with Crippen molar-refractivity contribution in [3.63, 3.8) is 0 Å². The summed E-state index contributed by atoms with van der Waals surface area (Å²) in [5.74, 6) is 0.585. The Morgan fingerprint density at radius 2 is 2.12 bits per heavy atom. The zero-order valence-corrected chi connectivity index (χ0v) is 15.4. The van der Waals surface area contributed by atoms with E-state index < -0.39 is 0 Å². The predicted octanol–water partition coefficient (Wildman–Crippen LogP) is 1.11. The van der Waals surface area contributed by atoms with Crippen LogP contribution in [-0.4, -0.2) is 58.4 Å². The zero-order chi connectivity index (χ0) is 18.2. The summed E-state index contributed by atoms with van der Waals surface area (Å²) < 4.78 is 5.02. The minimum Gasteiger partial charge on any atom is -0.383 e. The van der Waals surface area contributed by atoms with E-state index in [9.17, 15) is 9.59 Å². The van der Waals surface area contributed by atoms with Crippen molar-refractivity contribution in [1.29, 1.82) is 0 Å². The van der Waals surface area contributed by atoms with Crippen molar-refractivity contribution in [2.75, 3.05) is 26.8 Å². The van der Waals surface area contributed by atoms with E-state index in [1.807, 2.05) is 6.20 Å². The summed E-state index contributed by atoms with van der Waals surface area (Å²) >= 11 is 0. The third kappa shape index (κ3) is 3.66. The first kappa shape index (κ1) is 17.8. The van der Waals surface area contributed by atoms with Gasteiger partial charge in [0.05, 0.1) is 24.8 Å². The van der Waals surface area contributed by atoms with Crippen molar-refractivity contribution >= 4 is 11.8 Å². The average Bonchev–Trinajstić information content (AvgIpc) is 3.14. The first-order valence-electron chi connectivity index (χ1n) is 8.70. The van der Waals surface area contributed by atoms with Gasteiger partial charge in [0.15, 0.2) is 0 Å². The molecule has 1 aromatic rings. The minimum absolute atomic E-state index is 0.0296. The molecule has 0 aliphatic carbocycles. The van der Waals surface area contributed by atoms with Gasteiger partial charge in [-0.3, -0.25) is 9.59 Å². The molecular weight excluding hydrogens is 320 g/mol. The number of nitrogens with zero attached hydrogens (tertiary/aromatic N) is 4. The van der Waals surface area contributed by atoms with E-state index >= 15 is 0 Å². The Labute approximate surface area is 148 Å². The van der Waals surface area contributed by atoms with Gasteiger partial charge in [-0.25, -0.2) is 9.97 Å². The first-order valence-corrected chi connectivity index (χ1v) is 8.70. The van der Waals surface area contributed by atoms with Crippen LogP contribution >= 0.6 is 0 Å². The van der Waals surface area contributed by atoms with E-state index in [-0.39, 0.29) is 29.6 Å². The number of hydrogen-bond donors (Lipinski definition) is 0. The highest BCUT2D eigenvalue weighted by Crippen LogP contribution is 2.28. The highest BCUT2D eigenvalue weighted by molar-refractivity contribution is 5.89. The third-order valence-corrected chi connectivity index (χ3v) is 4.77. The number of ether oxygens (including phenoxy) is 1. The van der Waals surface area contributed by atoms with Gasteiger partial charge < -0.3 is 14.5 Å². The molecule has 0 spiro atoms. The fourth-order valence-electron chi connectivity index (χ4n) is 3.28. The second kappa shape index (κ2) is 6.71. The molecule has 0 aromatic carbocycles. The maximum absolute atomic E-state index is 12.8. The quantitative estimate of drug-likeness (QED) is 0.816. The van der Waals surface area contributed by atoms with Crippen LogP contribution in [0.2, 0.25) is 0 Å². The molecule has 3 rings (SSSR count). The lowest BCUT2D eigenvalue weighted by molar-refractivity contribution is -0.136. The molecule has 1 atom stereocenters. The van der Waals surface area contributed by atoms with Crippen LogP contribution in [0.3, 0.4) is 0 Å². The standard InChI is InChI=1S/C18H26N4O3/c1-18(2,3)17-19-8-13-10-22(11-14(13)20-17)16(24)12-7-15(23)21(9-12)5-6-25-4/h8,12H,5-7,9-11H2,1-4H3. The summed E-state index contributed by atoms with van der Waals surface area (Å²) in [7, 11) is 1.61. The molecular formula is C18H26N4O3. The lowest BCUT2D eigenvalue weighted by Crippen LogP contribution is -2.34. The molecule has 1 unspecified atom stereocenters. The summed E-state index contributed by atoms with van der Waals surface area (Å²) in [5, 5.41) is 0. The van der Waals surface area contributed by atoms with E-state index in [4.69, 9.17) is 4.74 Å². The lowest BCUT2D eigenvalue weighted by Gasteiger charge is -2.20. The SMILES string of the molecule is COCCN1CC(C(=O)N2Cc3cnc(C(C)(C)C)nc3C2)CC1=O. The largest absolute Gasteiger partial charge is 0.383 e. The number of fused-ring (bicyclic) bond motifs is 1. The number of aromatic nitrogens is 2. The van der Waals surface area contributed by atoms with Crippen LogP contribution in [-0.2, 0) is 32.8 Å². The number of carbonyl (C=O) groups is 2. The van der Waals surface area contributed by atoms with Gasteiger partial charge in [0.2, 0.25) is 11.8 Å². The molecule has 2 amide bonds. The fourth-order valence-corrected chi connectivity index (χ4v) is 3.28. The molecule has 1 aromatic heterocycles. The molecule has 0 N–H and O–H groups in total. The van der Waals surface area contributed by atoms with Crippen molar-refractivity contribution in [1.82, 2.24) is 19.8 Å². The molecule has 7 nitrogen and oxygen atoms in total. The molecule has 7 heteroatoms. The average molecular weight is 346 g/mol. The van der Waals surface area contributed by atoms with Crippen LogP contribution in [0.15, 0.2) is 6.20 Å². The molecule has 2 aliphatic heterocycles. The van der Waals surface area contributed by atoms with Gasteiger partial charge >= 0.3 is 0 Å². The van der Waals surface area contributed by atoms with Crippen molar-refractivity contribution < 1.29 is 14.3 Å². The first-order chi connectivity index (χ1) is 11.8. The Morgan fingerprint density at radius 3 is 2.80 bits per heavy atom. The fraction of sp³-hybridized carbons (Fsp3) is 0.667. The number of carbonyl (C=O) groups excluding carboxylic acids is 2. The Bertz CT molecular complexity index is 683. The Balaban J connectivity index is 1.66. The summed E-state index contributed by atoms with van der Waals surface area (Å²) in [4.78, 5) is 37.5. The van der Waals surface area contributed by atoms with Crippen molar-refractivity contribution in [2.45, 2.75) is 45.7 Å². The topological polar surface area (TPSA) is 75.6 Å². The van der Waals surface area contributed by atoms with Crippen LogP contribution in [0, 0.1) is 5.92 Å². The van der Waals surface area contributed by atoms with Gasteiger partial charge in [-0.2, -0.15) is 0 Å². The van der Waals surface area contributed by atoms with Gasteiger partial charge in [-0.05, 0) is 0 Å². The number of methoxy groups -OCH3 is 1. The van der Waals surface area contributed by atoms with E-state index in [0.717, 1.165) is 17.1 Å². The Hall–Kier alpha value is -2.02. The van der Waals surface area contributed by atoms with Crippen LogP contribution in [0.4, 0.5) is 0 Å². The highest BCUT2D eigenvalue weighted by atomic mass is 16.5. The Morgan fingerprint density at radius 1 is 1.36 bits per heavy atom. The summed E-state index contributed by atoms with van der Waals surface area (Å²) in [5.41, 5.74) is 1.81. The lowest BCUT2D eigenvalue weighted by atomic mass is 9.95. The molecule has 1 fully saturated rings. The second-order valence-electron chi connectivity index (χ2n) is 7.84. The molecule has 0 bridgehead atoms. The number of hydrogen-bond acceptors (Lipinski definition) is 5. The maximum Gasteiger partial charge on any atom is 0.228 e. The van der Waals surface area contributed by atoms with Crippen molar-refractivity contribution in [3.05, 3.63) is 23.3 Å². The Kier molecular flexibility index (Phi) is 4.77. The van der Waals surface area contributed by atoms with E-state index in [1.54, 1.807) is 16.9 Å². The third-order valence-electron chi connectivity index (χ3n) is 4.77. The van der Waals surface area contributed by atoms with Crippen molar-refractivity contribution in [2.24, 2.45) is 5.92 Å². The number of rotatable bonds is 4. The van der Waals surface area contributed by atoms with Gasteiger partial charge in [0.25, 0.3) is 0 Å². The van der Waals surface area contributed by atoms with E-state index in [2.05, 4.69) is 30.7 Å². The van der Waals surface area contributed by atoms with Crippen LogP contribution in [0.1, 0.15) is 44.3 Å². The molecule has 1 saturated heterocycles. The van der Waals surface area contributed by atoms with E-state index in [1.165, 1.54) is 0 Å². The van der Waals surface area contributed by atoms with Gasteiger partial charge in [-0.1, -0.05) is 20.8 Å². The monoisotopic (exact) mass is 346 g/mol. The summed E-state index contributed by atoms with van der Waals surface area (Å²) in [6, 6.07) is 0. The molecule has 25 heavy (non-hydrogen) atoms. The number of amides is 2. The van der Waals surface area contributed by atoms with E-state index in [0.29, 0.717) is 32.8 Å². The highest BCUT2D eigenvalue weighted by Gasteiger charge is 2.38. The normalized spacial score (nSPS) is 20.3. The smallest absolute Gasteiger partial charge is 0.228 e. The van der Waals surface area contributed by atoms with Crippen molar-refractivity contribution in [3.8, 4) is 0 Å². The minimum atomic E-state index is -0.270. The van der Waals surface area contributed by atoms with Gasteiger partial charge in [0, 0.05) is 50.3 Å². The molecule has 136 valence electrons. The second-order valence-corrected chi connectivity index (χ2v) is 7.84. The summed E-state index contributed by atoms with van der Waals surface area (Å²) in [6.45, 7) is 8.77. The molecule has 0 saturated carbocycles. The zero-order valence-electron chi connectivity index (χ0n) is 15.4.